The minimum atomic E-state index is -5.13. The van der Waals surface area contributed by atoms with Crippen LogP contribution in [0.25, 0.3) is 0 Å². The average Bonchev–Trinajstić information content (AvgIpc) is 3.28. The van der Waals surface area contributed by atoms with Gasteiger partial charge in [-0.2, -0.15) is 17.7 Å². The van der Waals surface area contributed by atoms with Crippen LogP contribution in [0, 0.1) is 11.8 Å². The predicted molar refractivity (Wildman–Crippen MR) is 130 cm³/mol. The summed E-state index contributed by atoms with van der Waals surface area (Å²) in [6.45, 7) is 1.98. The second kappa shape index (κ2) is 13.5. The van der Waals surface area contributed by atoms with Crippen LogP contribution in [0.2, 0.25) is 0 Å². The fraction of sp³-hybridized carbons (Fsp3) is 0.500. The molecule has 1 saturated heterocycles. The van der Waals surface area contributed by atoms with Gasteiger partial charge in [0.1, 0.15) is 31.3 Å². The lowest BCUT2D eigenvalue weighted by Gasteiger charge is -2.19. The van der Waals surface area contributed by atoms with Gasteiger partial charge in [-0.1, -0.05) is 37.5 Å². The molecule has 2 aromatic rings. The molecule has 38 heavy (non-hydrogen) atoms. The first-order valence-corrected chi connectivity index (χ1v) is 12.0. The molecule has 1 aromatic heterocycles. The smallest absolute Gasteiger partial charge is 0.363 e. The Balaban J connectivity index is 1.97. The number of aromatic nitrogens is 2. The number of unbranched alkanes of at least 4 members (excludes halogenated alkanes) is 2. The molecule has 0 bridgehead atoms. The number of benzene rings is 1. The molecule has 0 aliphatic carbocycles. The third kappa shape index (κ3) is 7.20. The van der Waals surface area contributed by atoms with Gasteiger partial charge in [0.05, 0.1) is 12.7 Å². The summed E-state index contributed by atoms with van der Waals surface area (Å²) in [5.74, 6) is 4.66. The largest absolute Gasteiger partial charge is 0.423 e. The van der Waals surface area contributed by atoms with Gasteiger partial charge in [-0.25, -0.2) is 4.79 Å². The van der Waals surface area contributed by atoms with Gasteiger partial charge in [-0.3, -0.25) is 14.2 Å². The molecule has 0 saturated carbocycles. The minimum Gasteiger partial charge on any atom is -0.363 e. The highest BCUT2D eigenvalue weighted by Gasteiger charge is 2.41. The van der Waals surface area contributed by atoms with Crippen LogP contribution in [0.4, 0.5) is 13.2 Å². The Kier molecular flexibility index (Phi) is 10.4. The van der Waals surface area contributed by atoms with E-state index in [1.165, 1.54) is 31.4 Å². The number of hydrogen-bond donors (Lipinski definition) is 0. The minimum absolute atomic E-state index is 0.0225. The van der Waals surface area contributed by atoms with Crippen molar-refractivity contribution in [3.8, 4) is 11.8 Å². The fourth-order valence-electron chi connectivity index (χ4n) is 3.86. The molecule has 3 rings (SSSR count). The van der Waals surface area contributed by atoms with Crippen molar-refractivity contribution in [2.75, 3.05) is 27.1 Å². The molecule has 1 aromatic carbocycles. The lowest BCUT2D eigenvalue weighted by molar-refractivity contribution is -0.140. The fourth-order valence-corrected chi connectivity index (χ4v) is 3.86. The van der Waals surface area contributed by atoms with Crippen LogP contribution >= 0.6 is 0 Å². The van der Waals surface area contributed by atoms with Gasteiger partial charge < -0.3 is 18.9 Å². The van der Waals surface area contributed by atoms with Crippen molar-refractivity contribution in [2.24, 2.45) is 0 Å². The third-order valence-electron chi connectivity index (χ3n) is 5.77. The zero-order chi connectivity index (χ0) is 27.7. The summed E-state index contributed by atoms with van der Waals surface area (Å²) in [6.07, 6.45) is -4.90. The van der Waals surface area contributed by atoms with E-state index < -0.39 is 47.3 Å². The number of alkyl halides is 3. The van der Waals surface area contributed by atoms with Gasteiger partial charge in [-0.05, 0) is 18.6 Å². The van der Waals surface area contributed by atoms with E-state index >= 15 is 0 Å². The van der Waals surface area contributed by atoms with E-state index in [0.717, 1.165) is 12.8 Å². The van der Waals surface area contributed by atoms with Crippen LogP contribution < -0.4 is 11.2 Å². The molecule has 1 fully saturated rings. The number of ether oxygens (including phenoxy) is 4. The molecule has 1 aliphatic heterocycles. The Labute approximate surface area is 217 Å². The van der Waals surface area contributed by atoms with E-state index in [2.05, 4.69) is 11.8 Å². The Bertz CT molecular complexity index is 1260. The van der Waals surface area contributed by atoms with Crippen LogP contribution in [0.1, 0.15) is 54.8 Å². The standard InChI is InChI=1S/C26H29F3N2O7/c1-3-4-5-6-10-13-37-20-14-22(38-21(20)16-36-17-35-2)30-15-19(26(27,28)29)24(33)31(25(30)34)23(32)18-11-8-7-9-12-18/h7-9,11-12,15,20-22H,3-5,13-14,16-17H2,1-2H3/t20-,21+,22+/m0/s1. The molecule has 2 heterocycles. The zero-order valence-electron chi connectivity index (χ0n) is 21.0. The molecule has 12 heteroatoms. The molecule has 9 nitrogen and oxygen atoms in total. The van der Waals surface area contributed by atoms with Crippen LogP contribution in [0.5, 0.6) is 0 Å². The monoisotopic (exact) mass is 538 g/mol. The number of halogens is 3. The number of methoxy groups -OCH3 is 1. The Hall–Kier alpha value is -3.24. The molecule has 0 radical (unpaired) electrons. The summed E-state index contributed by atoms with van der Waals surface area (Å²) in [7, 11) is 1.42. The molecule has 3 atom stereocenters. The number of rotatable bonds is 10. The van der Waals surface area contributed by atoms with Crippen LogP contribution in [-0.2, 0) is 25.1 Å². The van der Waals surface area contributed by atoms with Crippen LogP contribution in [0.15, 0.2) is 46.1 Å². The zero-order valence-corrected chi connectivity index (χ0v) is 21.0. The number of nitrogens with zero attached hydrogens (tertiary/aromatic N) is 2. The molecule has 0 spiro atoms. The number of carbonyl (C=O) groups is 1. The van der Waals surface area contributed by atoms with Crippen molar-refractivity contribution in [3.63, 3.8) is 0 Å². The molecular formula is C26H29F3N2O7. The normalized spacial score (nSPS) is 19.2. The van der Waals surface area contributed by atoms with Crippen LogP contribution in [-0.4, -0.2) is 54.4 Å². The highest BCUT2D eigenvalue weighted by Crippen LogP contribution is 2.32. The Morgan fingerprint density at radius 1 is 1.18 bits per heavy atom. The molecular weight excluding hydrogens is 509 g/mol. The summed E-state index contributed by atoms with van der Waals surface area (Å²) in [4.78, 5) is 38.9. The summed E-state index contributed by atoms with van der Waals surface area (Å²) in [6, 6.07) is 7.08. The maximum atomic E-state index is 13.8. The number of carbonyl (C=O) groups excluding carboxylic acids is 1. The van der Waals surface area contributed by atoms with Crippen molar-refractivity contribution in [1.29, 1.82) is 0 Å². The van der Waals surface area contributed by atoms with Crippen LogP contribution in [0.3, 0.4) is 0 Å². The van der Waals surface area contributed by atoms with Crippen molar-refractivity contribution >= 4 is 5.91 Å². The molecule has 206 valence electrons. The molecule has 0 amide bonds. The quantitative estimate of drug-likeness (QED) is 0.260. The number of hydrogen-bond acceptors (Lipinski definition) is 7. The molecule has 0 N–H and O–H groups in total. The second-order valence-corrected chi connectivity index (χ2v) is 8.49. The first kappa shape index (κ1) is 29.3. The van der Waals surface area contributed by atoms with E-state index in [4.69, 9.17) is 18.9 Å². The summed E-state index contributed by atoms with van der Waals surface area (Å²) in [5.41, 5.74) is -4.83. The highest BCUT2D eigenvalue weighted by molar-refractivity contribution is 5.95. The predicted octanol–water partition coefficient (Wildman–Crippen LogP) is 3.20. The topological polar surface area (TPSA) is 98.0 Å². The van der Waals surface area contributed by atoms with E-state index in [9.17, 15) is 27.6 Å². The van der Waals surface area contributed by atoms with E-state index in [1.807, 2.05) is 6.92 Å². The third-order valence-corrected chi connectivity index (χ3v) is 5.77. The van der Waals surface area contributed by atoms with Crippen molar-refractivity contribution in [2.45, 2.75) is 57.2 Å². The lowest BCUT2D eigenvalue weighted by atomic mass is 10.2. The first-order chi connectivity index (χ1) is 18.2. The summed E-state index contributed by atoms with van der Waals surface area (Å²) in [5, 5.41) is 0. The van der Waals surface area contributed by atoms with Crippen molar-refractivity contribution < 1.29 is 36.9 Å². The SMILES string of the molecule is CCCCC#CCO[C@H]1C[C@H](n2cc(C(F)(F)F)c(=O)n(C(=O)c3ccccc3)c2=O)O[C@@H]1COCOC. The van der Waals surface area contributed by atoms with Gasteiger partial charge >= 0.3 is 11.9 Å². The molecule has 0 unspecified atom stereocenters. The first-order valence-electron chi connectivity index (χ1n) is 12.0. The van der Waals surface area contributed by atoms with Gasteiger partial charge in [0.15, 0.2) is 0 Å². The van der Waals surface area contributed by atoms with E-state index in [1.54, 1.807) is 6.07 Å². The van der Waals surface area contributed by atoms with E-state index in [0.29, 0.717) is 17.2 Å². The summed E-state index contributed by atoms with van der Waals surface area (Å²) >= 11 is 0. The maximum Gasteiger partial charge on any atom is 0.423 e. The van der Waals surface area contributed by atoms with Crippen molar-refractivity contribution in [3.05, 3.63) is 68.5 Å². The van der Waals surface area contributed by atoms with Gasteiger partial charge in [0.2, 0.25) is 0 Å². The molecule has 1 aliphatic rings. The maximum absolute atomic E-state index is 13.8. The Morgan fingerprint density at radius 3 is 2.58 bits per heavy atom. The van der Waals surface area contributed by atoms with Gasteiger partial charge in [-0.15, -0.1) is 5.92 Å². The van der Waals surface area contributed by atoms with Gasteiger partial charge in [0.25, 0.3) is 11.5 Å². The average molecular weight is 539 g/mol. The van der Waals surface area contributed by atoms with E-state index in [-0.39, 0.29) is 36.6 Å². The Morgan fingerprint density at radius 2 is 1.92 bits per heavy atom. The van der Waals surface area contributed by atoms with Crippen molar-refractivity contribution in [1.82, 2.24) is 9.13 Å². The summed E-state index contributed by atoms with van der Waals surface area (Å²) < 4.78 is 63.8. The lowest BCUT2D eigenvalue weighted by Crippen LogP contribution is -2.47. The van der Waals surface area contributed by atoms with Gasteiger partial charge in [0, 0.05) is 31.7 Å². The second-order valence-electron chi connectivity index (χ2n) is 8.49. The highest BCUT2D eigenvalue weighted by atomic mass is 19.4.